The molecule has 0 aliphatic carbocycles. The average molecular weight is 637 g/mol. The van der Waals surface area contributed by atoms with E-state index in [0.717, 1.165) is 24.3 Å². The molecule has 0 spiro atoms. The molecule has 0 bridgehead atoms. The van der Waals surface area contributed by atoms with Crippen molar-refractivity contribution in [2.24, 2.45) is 0 Å². The third kappa shape index (κ3) is 7.87. The van der Waals surface area contributed by atoms with Gasteiger partial charge in [-0.2, -0.15) is 0 Å². The van der Waals surface area contributed by atoms with Crippen LogP contribution in [-0.2, 0) is 20.2 Å². The summed E-state index contributed by atoms with van der Waals surface area (Å²) in [5.41, 5.74) is 0.254. The third-order valence-electron chi connectivity index (χ3n) is 6.23. The second kappa shape index (κ2) is 13.1. The number of amides is 2. The van der Waals surface area contributed by atoms with E-state index in [1.165, 1.54) is 62.8 Å². The first kappa shape index (κ1) is 31.9. The molecule has 0 radical (unpaired) electrons. The molecule has 4 aromatic carbocycles. The number of hydrogen-bond donors (Lipinski definition) is 2. The number of ether oxygens (including phenoxy) is 2. The van der Waals surface area contributed by atoms with Crippen molar-refractivity contribution in [1.82, 2.24) is 0 Å². The van der Waals surface area contributed by atoms with Crippen molar-refractivity contribution >= 4 is 55.6 Å². The van der Waals surface area contributed by atoms with Crippen LogP contribution in [-0.4, -0.2) is 52.0 Å². The highest BCUT2D eigenvalue weighted by molar-refractivity contribution is 7.86. The Bertz CT molecular complexity index is 1810. The minimum atomic E-state index is -5.06. The Morgan fingerprint density at radius 3 is 1.23 bits per heavy atom. The van der Waals surface area contributed by atoms with E-state index >= 15 is 0 Å². The van der Waals surface area contributed by atoms with Gasteiger partial charge in [0, 0.05) is 22.5 Å². The normalized spacial score (nSPS) is 11.6. The molecular weight excluding hydrogens is 612 g/mol. The van der Waals surface area contributed by atoms with E-state index < -0.39 is 41.8 Å². The van der Waals surface area contributed by atoms with E-state index in [2.05, 4.69) is 10.6 Å². The summed E-state index contributed by atoms with van der Waals surface area (Å²) in [6.45, 7) is 0. The summed E-state index contributed by atoms with van der Waals surface area (Å²) in [5.74, 6) is -0.0963. The van der Waals surface area contributed by atoms with Crippen LogP contribution in [0.5, 0.6) is 11.5 Å². The van der Waals surface area contributed by atoms with Gasteiger partial charge in [0.2, 0.25) is 0 Å². The molecule has 2 N–H and O–H groups in total. The molecule has 0 aliphatic rings. The summed E-state index contributed by atoms with van der Waals surface area (Å²) in [6.07, 6.45) is 2.28. The molecule has 0 unspecified atom stereocenters. The van der Waals surface area contributed by atoms with Crippen LogP contribution in [0.3, 0.4) is 0 Å². The molecule has 4 aromatic rings. The second-order valence-electron chi connectivity index (χ2n) is 9.11. The average Bonchev–Trinajstić information content (AvgIpc) is 2.99. The first-order chi connectivity index (χ1) is 20.8. The molecule has 12 nitrogen and oxygen atoms in total. The number of rotatable bonds is 10. The van der Waals surface area contributed by atoms with Crippen molar-refractivity contribution in [3.05, 3.63) is 107 Å². The van der Waals surface area contributed by atoms with E-state index in [1.54, 1.807) is 24.3 Å². The maximum Gasteiger partial charge on any atom is 0.255 e. The monoisotopic (exact) mass is 636 g/mol. The van der Waals surface area contributed by atoms with Gasteiger partial charge in [-0.05, 0) is 83.9 Å². The topological polar surface area (TPSA) is 191 Å². The standard InChI is InChI=1S/C30H26N2O10S2/c1-41-25-13-7-21(8-14-25)29(33)31-23-11-5-19(27(17-23)43(35,36)37)3-4-20-6-12-24(18-28(20)44(38,39)40)32-30(34)22-9-15-26(42-2)16-10-22/h3-18H,1-2H3,(H,31,33)(H,32,34)(H,35,36,37)(H,38,39,40)/p-2. The molecule has 0 fully saturated rings. The zero-order valence-corrected chi connectivity index (χ0v) is 24.8. The van der Waals surface area contributed by atoms with Gasteiger partial charge in [-0.3, -0.25) is 9.59 Å². The van der Waals surface area contributed by atoms with Gasteiger partial charge in [0.05, 0.1) is 24.0 Å². The van der Waals surface area contributed by atoms with E-state index in [4.69, 9.17) is 9.47 Å². The van der Waals surface area contributed by atoms with E-state index in [9.17, 15) is 35.5 Å². The second-order valence-corrected chi connectivity index (χ2v) is 11.8. The molecule has 0 aromatic heterocycles. The molecule has 0 atom stereocenters. The fourth-order valence-corrected chi connectivity index (χ4v) is 5.40. The third-order valence-corrected chi connectivity index (χ3v) is 8.01. The van der Waals surface area contributed by atoms with Crippen molar-refractivity contribution in [3.63, 3.8) is 0 Å². The number of carbonyl (C=O) groups excluding carboxylic acids is 2. The van der Waals surface area contributed by atoms with Gasteiger partial charge in [0.15, 0.2) is 0 Å². The summed E-state index contributed by atoms with van der Waals surface area (Å²) in [6, 6.07) is 19.3. The molecule has 0 heterocycles. The van der Waals surface area contributed by atoms with Gasteiger partial charge in [-0.15, -0.1) is 0 Å². The number of benzene rings is 4. The number of hydrogen-bond acceptors (Lipinski definition) is 10. The zero-order chi connectivity index (χ0) is 32.1. The van der Waals surface area contributed by atoms with Crippen LogP contribution < -0.4 is 20.1 Å². The molecule has 0 saturated carbocycles. The van der Waals surface area contributed by atoms with Crippen LogP contribution in [0.15, 0.2) is 94.7 Å². The van der Waals surface area contributed by atoms with Gasteiger partial charge in [-0.1, -0.05) is 24.3 Å². The van der Waals surface area contributed by atoms with E-state index in [0.29, 0.717) is 11.5 Å². The first-order valence-corrected chi connectivity index (χ1v) is 15.4. The number of anilines is 2. The van der Waals surface area contributed by atoms with Gasteiger partial charge >= 0.3 is 0 Å². The summed E-state index contributed by atoms with van der Waals surface area (Å²) < 4.78 is 82.5. The molecule has 4 rings (SSSR count). The zero-order valence-electron chi connectivity index (χ0n) is 23.1. The predicted octanol–water partition coefficient (Wildman–Crippen LogP) is 4.19. The minimum absolute atomic E-state index is 0.0113. The Morgan fingerprint density at radius 1 is 0.591 bits per heavy atom. The lowest BCUT2D eigenvalue weighted by Gasteiger charge is -2.15. The highest BCUT2D eigenvalue weighted by Crippen LogP contribution is 2.27. The maximum absolute atomic E-state index is 12.6. The van der Waals surface area contributed by atoms with Gasteiger partial charge in [0.25, 0.3) is 11.8 Å². The Labute approximate surface area is 253 Å². The summed E-state index contributed by atoms with van der Waals surface area (Å²) >= 11 is 0. The predicted molar refractivity (Wildman–Crippen MR) is 160 cm³/mol. The fourth-order valence-electron chi connectivity index (χ4n) is 4.00. The summed E-state index contributed by atoms with van der Waals surface area (Å²) in [4.78, 5) is 23.8. The lowest BCUT2D eigenvalue weighted by atomic mass is 10.1. The molecule has 0 saturated heterocycles. The molecule has 0 aliphatic heterocycles. The van der Waals surface area contributed by atoms with Crippen molar-refractivity contribution in [2.45, 2.75) is 9.79 Å². The van der Waals surface area contributed by atoms with Crippen LogP contribution in [0.2, 0.25) is 0 Å². The molecule has 228 valence electrons. The van der Waals surface area contributed by atoms with Crippen LogP contribution in [0, 0.1) is 0 Å². The Morgan fingerprint density at radius 2 is 0.932 bits per heavy atom. The maximum atomic E-state index is 12.6. The molecule has 44 heavy (non-hydrogen) atoms. The van der Waals surface area contributed by atoms with E-state index in [-0.39, 0.29) is 33.6 Å². The van der Waals surface area contributed by atoms with Crippen molar-refractivity contribution in [1.29, 1.82) is 0 Å². The Hall–Kier alpha value is -5.02. The van der Waals surface area contributed by atoms with Gasteiger partial charge < -0.3 is 29.2 Å². The number of carbonyl (C=O) groups is 2. The van der Waals surface area contributed by atoms with Gasteiger partial charge in [0.1, 0.15) is 31.7 Å². The molecule has 14 heteroatoms. The number of nitrogens with one attached hydrogen (secondary N) is 2. The SMILES string of the molecule is COc1ccc(C(=O)Nc2ccc(C=Cc3ccc(NC(=O)c4ccc(OC)cc4)cc3S(=O)(=O)[O-])c(S(=O)(=O)[O-])c2)cc1. The summed E-state index contributed by atoms with van der Waals surface area (Å²) in [5, 5.41) is 5.02. The van der Waals surface area contributed by atoms with Crippen LogP contribution in [0.1, 0.15) is 31.8 Å². The lowest BCUT2D eigenvalue weighted by molar-refractivity contribution is 0.101. The Balaban J connectivity index is 1.61. The summed E-state index contributed by atoms with van der Waals surface area (Å²) in [7, 11) is -7.19. The molecular formula is C30H24N2O10S2-2. The lowest BCUT2D eigenvalue weighted by Crippen LogP contribution is -2.13. The highest BCUT2D eigenvalue weighted by Gasteiger charge is 2.14. The smallest absolute Gasteiger partial charge is 0.255 e. The quantitative estimate of drug-likeness (QED) is 0.188. The van der Waals surface area contributed by atoms with Crippen molar-refractivity contribution in [2.75, 3.05) is 24.9 Å². The Kier molecular flexibility index (Phi) is 9.50. The highest BCUT2D eigenvalue weighted by atomic mass is 32.2. The van der Waals surface area contributed by atoms with Crippen molar-refractivity contribution < 1.29 is 45.0 Å². The molecule has 2 amide bonds. The minimum Gasteiger partial charge on any atom is -0.744 e. The van der Waals surface area contributed by atoms with Crippen molar-refractivity contribution in [3.8, 4) is 11.5 Å². The van der Waals surface area contributed by atoms with Crippen LogP contribution in [0.4, 0.5) is 11.4 Å². The fraction of sp³-hybridized carbons (Fsp3) is 0.0667. The van der Waals surface area contributed by atoms with Crippen LogP contribution in [0.25, 0.3) is 12.2 Å². The first-order valence-electron chi connectivity index (χ1n) is 12.6. The number of methoxy groups -OCH3 is 2. The largest absolute Gasteiger partial charge is 0.744 e. The van der Waals surface area contributed by atoms with Crippen LogP contribution >= 0.6 is 0 Å². The van der Waals surface area contributed by atoms with E-state index in [1.807, 2.05) is 0 Å². The van der Waals surface area contributed by atoms with Gasteiger partial charge in [-0.25, -0.2) is 16.8 Å².